The van der Waals surface area contributed by atoms with Crippen molar-refractivity contribution in [2.75, 3.05) is 0 Å². The highest BCUT2D eigenvalue weighted by molar-refractivity contribution is 9.10. The van der Waals surface area contributed by atoms with Gasteiger partial charge < -0.3 is 0 Å². The van der Waals surface area contributed by atoms with Crippen LogP contribution in [0.2, 0.25) is 0 Å². The summed E-state index contributed by atoms with van der Waals surface area (Å²) in [6, 6.07) is 4.17. The Morgan fingerprint density at radius 2 is 1.86 bits per heavy atom. The molecule has 0 saturated heterocycles. The summed E-state index contributed by atoms with van der Waals surface area (Å²) in [4.78, 5) is 0. The van der Waals surface area contributed by atoms with Crippen LogP contribution in [0.5, 0.6) is 0 Å². The van der Waals surface area contributed by atoms with Crippen LogP contribution in [-0.2, 0) is 15.6 Å². The van der Waals surface area contributed by atoms with E-state index in [4.69, 9.17) is 5.14 Å². The molecular formula is C12H14BrFN4O2S. The Morgan fingerprint density at radius 3 is 2.33 bits per heavy atom. The Kier molecular flexibility index (Phi) is 3.94. The molecule has 1 aromatic heterocycles. The fraction of sp³-hybridized carbons (Fsp3) is 0.333. The van der Waals surface area contributed by atoms with E-state index in [1.807, 2.05) is 0 Å². The molecule has 2 N–H and O–H groups in total. The van der Waals surface area contributed by atoms with Crippen LogP contribution in [0.4, 0.5) is 4.39 Å². The van der Waals surface area contributed by atoms with E-state index in [0.29, 0.717) is 10.0 Å². The van der Waals surface area contributed by atoms with Crippen molar-refractivity contribution in [2.24, 2.45) is 5.14 Å². The zero-order valence-corrected chi connectivity index (χ0v) is 14.0. The first-order chi connectivity index (χ1) is 9.50. The number of hydrogen-bond donors (Lipinski definition) is 1. The van der Waals surface area contributed by atoms with E-state index in [1.165, 1.54) is 16.7 Å². The molecule has 0 fully saturated rings. The lowest BCUT2D eigenvalue weighted by atomic mass is 10.1. The molecule has 0 aliphatic carbocycles. The van der Waals surface area contributed by atoms with Crippen molar-refractivity contribution in [3.05, 3.63) is 28.5 Å². The minimum Gasteiger partial charge on any atom is -0.291 e. The molecule has 0 amide bonds. The zero-order chi connectivity index (χ0) is 16.0. The van der Waals surface area contributed by atoms with E-state index < -0.39 is 21.4 Å². The molecule has 1 heterocycles. The molecule has 0 atom stereocenters. The molecule has 2 aromatic rings. The number of primary sulfonamides is 1. The maximum atomic E-state index is 13.6. The van der Waals surface area contributed by atoms with Crippen LogP contribution >= 0.6 is 15.9 Å². The van der Waals surface area contributed by atoms with Gasteiger partial charge in [0, 0.05) is 15.6 Å². The third kappa shape index (κ3) is 3.30. The van der Waals surface area contributed by atoms with Gasteiger partial charge in [0.05, 0.1) is 0 Å². The number of nitrogens with two attached hydrogens (primary N) is 1. The molecule has 1 aromatic carbocycles. The van der Waals surface area contributed by atoms with E-state index in [-0.39, 0.29) is 11.0 Å². The van der Waals surface area contributed by atoms with E-state index in [0.717, 1.165) is 0 Å². The molecule has 0 saturated carbocycles. The van der Waals surface area contributed by atoms with Gasteiger partial charge in [-0.1, -0.05) is 15.9 Å². The van der Waals surface area contributed by atoms with E-state index in [2.05, 4.69) is 26.1 Å². The maximum absolute atomic E-state index is 13.6. The molecule has 0 spiro atoms. The lowest BCUT2D eigenvalue weighted by Gasteiger charge is -2.24. The van der Waals surface area contributed by atoms with Crippen LogP contribution < -0.4 is 5.14 Å². The molecule has 2 rings (SSSR count). The van der Waals surface area contributed by atoms with Crippen molar-refractivity contribution in [3.8, 4) is 11.4 Å². The first-order valence-electron chi connectivity index (χ1n) is 5.95. The molecular weight excluding hydrogens is 363 g/mol. The lowest BCUT2D eigenvalue weighted by molar-refractivity contribution is 0.366. The molecule has 0 radical (unpaired) electrons. The summed E-state index contributed by atoms with van der Waals surface area (Å²) in [6.45, 7) is 5.34. The molecule has 0 aliphatic rings. The maximum Gasteiger partial charge on any atom is 0.273 e. The van der Waals surface area contributed by atoms with Gasteiger partial charge in [0.15, 0.2) is 5.82 Å². The number of rotatable bonds is 2. The summed E-state index contributed by atoms with van der Waals surface area (Å²) in [7, 11) is -4.04. The highest BCUT2D eigenvalue weighted by atomic mass is 79.9. The van der Waals surface area contributed by atoms with Gasteiger partial charge in [0.1, 0.15) is 5.82 Å². The number of aromatic nitrogens is 3. The predicted octanol–water partition coefficient (Wildman–Crippen LogP) is 2.25. The summed E-state index contributed by atoms with van der Waals surface area (Å²) in [5.41, 5.74) is -0.251. The monoisotopic (exact) mass is 376 g/mol. The van der Waals surface area contributed by atoms with Crippen molar-refractivity contribution in [2.45, 2.75) is 31.5 Å². The molecule has 6 nitrogen and oxygen atoms in total. The third-order valence-corrected chi connectivity index (χ3v) is 3.91. The quantitative estimate of drug-likeness (QED) is 0.869. The standard InChI is InChI=1S/C12H14BrFN4O2S/c1-12(2,3)18-10(16-17-11(18)21(15,19)20)7-4-8(13)6-9(14)5-7/h4-6H,1-3H3,(H2,15,19,20). The second kappa shape index (κ2) is 5.15. The normalized spacial score (nSPS) is 12.7. The summed E-state index contributed by atoms with van der Waals surface area (Å²) in [5.74, 6) is -0.244. The van der Waals surface area contributed by atoms with Crippen molar-refractivity contribution >= 4 is 26.0 Å². The van der Waals surface area contributed by atoms with Gasteiger partial charge in [0.25, 0.3) is 15.2 Å². The minimum absolute atomic E-state index is 0.228. The Labute approximate surface area is 130 Å². The van der Waals surface area contributed by atoms with Crippen LogP contribution in [0.1, 0.15) is 20.8 Å². The molecule has 0 bridgehead atoms. The molecule has 114 valence electrons. The summed E-state index contributed by atoms with van der Waals surface area (Å²) >= 11 is 3.19. The summed E-state index contributed by atoms with van der Waals surface area (Å²) < 4.78 is 38.7. The molecule has 0 unspecified atom stereocenters. The fourth-order valence-corrected chi connectivity index (χ4v) is 3.16. The van der Waals surface area contributed by atoms with Crippen LogP contribution in [0, 0.1) is 5.82 Å². The Bertz CT molecular complexity index is 776. The predicted molar refractivity (Wildman–Crippen MR) is 79.5 cm³/mol. The second-order valence-corrected chi connectivity index (χ2v) is 7.89. The van der Waals surface area contributed by atoms with Crippen molar-refractivity contribution in [3.63, 3.8) is 0 Å². The first kappa shape index (κ1) is 16.1. The Hall–Kier alpha value is -1.32. The van der Waals surface area contributed by atoms with Crippen molar-refractivity contribution in [1.29, 1.82) is 0 Å². The van der Waals surface area contributed by atoms with Gasteiger partial charge in [-0.2, -0.15) is 0 Å². The molecule has 0 aliphatic heterocycles. The van der Waals surface area contributed by atoms with Gasteiger partial charge in [-0.25, -0.2) is 17.9 Å². The molecule has 21 heavy (non-hydrogen) atoms. The van der Waals surface area contributed by atoms with Gasteiger partial charge in [-0.3, -0.25) is 4.57 Å². The first-order valence-corrected chi connectivity index (χ1v) is 8.29. The fourth-order valence-electron chi connectivity index (χ4n) is 1.93. The SMILES string of the molecule is CC(C)(C)n1c(-c2cc(F)cc(Br)c2)nnc1S(N)(=O)=O. The van der Waals surface area contributed by atoms with Crippen LogP contribution in [-0.4, -0.2) is 23.2 Å². The summed E-state index contributed by atoms with van der Waals surface area (Å²) in [6.07, 6.45) is 0. The van der Waals surface area contributed by atoms with Gasteiger partial charge >= 0.3 is 0 Å². The Balaban J connectivity index is 2.79. The van der Waals surface area contributed by atoms with Crippen LogP contribution in [0.15, 0.2) is 27.8 Å². The largest absolute Gasteiger partial charge is 0.291 e. The Morgan fingerprint density at radius 1 is 1.24 bits per heavy atom. The van der Waals surface area contributed by atoms with Crippen molar-refractivity contribution < 1.29 is 12.8 Å². The van der Waals surface area contributed by atoms with Crippen LogP contribution in [0.3, 0.4) is 0 Å². The number of sulfonamides is 1. The zero-order valence-electron chi connectivity index (χ0n) is 11.6. The minimum atomic E-state index is -4.04. The lowest BCUT2D eigenvalue weighted by Crippen LogP contribution is -2.29. The second-order valence-electron chi connectivity index (χ2n) is 5.52. The van der Waals surface area contributed by atoms with Crippen LogP contribution in [0.25, 0.3) is 11.4 Å². The summed E-state index contributed by atoms with van der Waals surface area (Å²) in [5, 5.41) is 12.3. The van der Waals surface area contributed by atoms with Gasteiger partial charge in [-0.15, -0.1) is 10.2 Å². The smallest absolute Gasteiger partial charge is 0.273 e. The average molecular weight is 377 g/mol. The third-order valence-electron chi connectivity index (χ3n) is 2.68. The average Bonchev–Trinajstić information content (AvgIpc) is 2.70. The van der Waals surface area contributed by atoms with E-state index >= 15 is 0 Å². The highest BCUT2D eigenvalue weighted by Crippen LogP contribution is 2.29. The molecule has 9 heteroatoms. The number of benzene rings is 1. The highest BCUT2D eigenvalue weighted by Gasteiger charge is 2.29. The number of nitrogens with zero attached hydrogens (tertiary/aromatic N) is 3. The topological polar surface area (TPSA) is 90.9 Å². The van der Waals surface area contributed by atoms with Gasteiger partial charge in [-0.05, 0) is 39.0 Å². The van der Waals surface area contributed by atoms with E-state index in [1.54, 1.807) is 26.8 Å². The number of hydrogen-bond acceptors (Lipinski definition) is 4. The van der Waals surface area contributed by atoms with E-state index in [9.17, 15) is 12.8 Å². The van der Waals surface area contributed by atoms with Gasteiger partial charge in [0.2, 0.25) is 0 Å². The number of halogens is 2. The van der Waals surface area contributed by atoms with Crippen molar-refractivity contribution in [1.82, 2.24) is 14.8 Å².